The Kier molecular flexibility index (Phi) is 7.92. The maximum Gasteiger partial charge on any atom is 0.307 e. The number of aromatic nitrogens is 1. The minimum Gasteiger partial charge on any atom is -0.507 e. The van der Waals surface area contributed by atoms with Gasteiger partial charge in [-0.1, -0.05) is 50.4 Å². The van der Waals surface area contributed by atoms with E-state index in [0.29, 0.717) is 11.4 Å². The van der Waals surface area contributed by atoms with E-state index in [0.717, 1.165) is 27.9 Å². The molecule has 3 rings (SSSR count). The van der Waals surface area contributed by atoms with Crippen molar-refractivity contribution in [3.63, 3.8) is 0 Å². The largest absolute Gasteiger partial charge is 0.507 e. The molecule has 154 valence electrons. The van der Waals surface area contributed by atoms with Crippen LogP contribution in [0.1, 0.15) is 31.9 Å². The number of nitrogens with one attached hydrogen (secondary N) is 1. The third-order valence-corrected chi connectivity index (χ3v) is 5.51. The summed E-state index contributed by atoms with van der Waals surface area (Å²) < 4.78 is 2.52. The zero-order chi connectivity index (χ0) is 21.6. The quantitative estimate of drug-likeness (QED) is 0.274. The highest BCUT2D eigenvalue weighted by Crippen LogP contribution is 2.27. The molecule has 0 aliphatic rings. The van der Waals surface area contributed by atoms with Gasteiger partial charge in [-0.25, -0.2) is 0 Å². The number of rotatable bonds is 5. The summed E-state index contributed by atoms with van der Waals surface area (Å²) in [5, 5.41) is 14.7. The second-order valence-electron chi connectivity index (χ2n) is 6.03. The van der Waals surface area contributed by atoms with Gasteiger partial charge in [0, 0.05) is 19.8 Å². The number of aromatic hydroxyl groups is 1. The van der Waals surface area contributed by atoms with Gasteiger partial charge in [-0.15, -0.1) is 0 Å². The molecule has 2 N–H and O–H groups in total. The summed E-state index contributed by atoms with van der Waals surface area (Å²) in [6.45, 7) is 6.05. The average Bonchev–Trinajstić information content (AvgIpc) is 3.03. The van der Waals surface area contributed by atoms with Crippen LogP contribution in [0.3, 0.4) is 0 Å². The maximum absolute atomic E-state index is 11.9. The molecule has 0 saturated carbocycles. The van der Waals surface area contributed by atoms with Crippen molar-refractivity contribution >= 4 is 50.8 Å². The SMILES string of the molecule is CC.CCc1ccc(O)c(/C(=N/NC=S)N(C)c2ccc3c(c2)sc(=O)n3C)c1. The molecular formula is C21H26N4O2S2. The molecule has 29 heavy (non-hydrogen) atoms. The Hall–Kier alpha value is -2.71. The first-order valence-electron chi connectivity index (χ1n) is 9.38. The van der Waals surface area contributed by atoms with Crippen molar-refractivity contribution in [1.29, 1.82) is 0 Å². The number of nitrogens with zero attached hydrogens (tertiary/aromatic N) is 3. The Bertz CT molecular complexity index is 1090. The number of hydrogen-bond acceptors (Lipinski definition) is 5. The Morgan fingerprint density at radius 2 is 2.03 bits per heavy atom. The maximum atomic E-state index is 11.9. The molecule has 0 unspecified atom stereocenters. The normalized spacial score (nSPS) is 11.0. The molecule has 3 aromatic rings. The van der Waals surface area contributed by atoms with E-state index in [9.17, 15) is 9.90 Å². The fourth-order valence-corrected chi connectivity index (χ4v) is 3.80. The van der Waals surface area contributed by atoms with Gasteiger partial charge in [-0.3, -0.25) is 10.2 Å². The summed E-state index contributed by atoms with van der Waals surface area (Å²) in [5.74, 6) is 0.654. The van der Waals surface area contributed by atoms with Crippen LogP contribution in [0.25, 0.3) is 10.2 Å². The van der Waals surface area contributed by atoms with Crippen molar-refractivity contribution in [3.8, 4) is 5.75 Å². The lowest BCUT2D eigenvalue weighted by Gasteiger charge is -2.22. The van der Waals surface area contributed by atoms with E-state index in [1.165, 1.54) is 16.8 Å². The van der Waals surface area contributed by atoms with E-state index in [1.807, 2.05) is 56.1 Å². The molecule has 0 aliphatic heterocycles. The number of phenols is 1. The van der Waals surface area contributed by atoms with Crippen LogP contribution in [-0.4, -0.2) is 28.0 Å². The van der Waals surface area contributed by atoms with Crippen molar-refractivity contribution in [2.24, 2.45) is 12.1 Å². The van der Waals surface area contributed by atoms with Crippen molar-refractivity contribution in [3.05, 3.63) is 57.2 Å². The zero-order valence-electron chi connectivity index (χ0n) is 17.3. The minimum atomic E-state index is -0.00522. The van der Waals surface area contributed by atoms with Crippen molar-refractivity contribution in [2.45, 2.75) is 27.2 Å². The number of aryl methyl sites for hydroxylation is 2. The lowest BCUT2D eigenvalue weighted by molar-refractivity contribution is 0.473. The van der Waals surface area contributed by atoms with Gasteiger partial charge in [0.2, 0.25) is 0 Å². The van der Waals surface area contributed by atoms with Gasteiger partial charge < -0.3 is 14.6 Å². The van der Waals surface area contributed by atoms with Gasteiger partial charge in [0.25, 0.3) is 0 Å². The first-order chi connectivity index (χ1) is 14.0. The number of thiazole rings is 1. The van der Waals surface area contributed by atoms with E-state index in [2.05, 4.69) is 17.5 Å². The molecule has 0 fully saturated rings. The van der Waals surface area contributed by atoms with Gasteiger partial charge in [0.05, 0.1) is 21.3 Å². The van der Waals surface area contributed by atoms with Crippen LogP contribution >= 0.6 is 23.6 Å². The summed E-state index contributed by atoms with van der Waals surface area (Å²) in [7, 11) is 3.61. The summed E-state index contributed by atoms with van der Waals surface area (Å²) in [4.78, 5) is 13.8. The van der Waals surface area contributed by atoms with Crippen LogP contribution < -0.4 is 15.2 Å². The number of hydrogen-bond donors (Lipinski definition) is 2. The predicted octanol–water partition coefficient (Wildman–Crippen LogP) is 4.24. The molecule has 0 amide bonds. The number of anilines is 1. The smallest absolute Gasteiger partial charge is 0.307 e. The molecule has 0 atom stereocenters. The Labute approximate surface area is 180 Å². The highest BCUT2D eigenvalue weighted by Gasteiger charge is 2.17. The lowest BCUT2D eigenvalue weighted by atomic mass is 10.1. The molecule has 1 aromatic heterocycles. The number of thiocarbonyl (C=S) groups is 1. The Morgan fingerprint density at radius 3 is 2.69 bits per heavy atom. The van der Waals surface area contributed by atoms with E-state index >= 15 is 0 Å². The average molecular weight is 431 g/mol. The highest BCUT2D eigenvalue weighted by atomic mass is 32.1. The number of amidine groups is 1. The second-order valence-corrected chi connectivity index (χ2v) is 7.25. The fourth-order valence-electron chi connectivity index (χ4n) is 2.84. The van der Waals surface area contributed by atoms with Gasteiger partial charge in [0.15, 0.2) is 5.84 Å². The van der Waals surface area contributed by atoms with E-state index in [-0.39, 0.29) is 10.6 Å². The molecule has 0 aliphatic carbocycles. The van der Waals surface area contributed by atoms with E-state index in [4.69, 9.17) is 12.2 Å². The fraction of sp³-hybridized carbons (Fsp3) is 0.286. The number of fused-ring (bicyclic) bond motifs is 1. The lowest BCUT2D eigenvalue weighted by Crippen LogP contribution is -2.29. The molecule has 8 heteroatoms. The molecule has 0 spiro atoms. The predicted molar refractivity (Wildman–Crippen MR) is 128 cm³/mol. The summed E-state index contributed by atoms with van der Waals surface area (Å²) in [6, 6.07) is 11.2. The van der Waals surface area contributed by atoms with Crippen molar-refractivity contribution in [1.82, 2.24) is 9.99 Å². The molecule has 6 nitrogen and oxygen atoms in total. The Morgan fingerprint density at radius 1 is 1.31 bits per heavy atom. The molecular weight excluding hydrogens is 404 g/mol. The monoisotopic (exact) mass is 430 g/mol. The summed E-state index contributed by atoms with van der Waals surface area (Å²) in [6.07, 6.45) is 0.842. The first kappa shape index (κ1) is 22.6. The first-order valence-corrected chi connectivity index (χ1v) is 10.7. The zero-order valence-corrected chi connectivity index (χ0v) is 18.9. The number of benzene rings is 2. The van der Waals surface area contributed by atoms with Gasteiger partial charge in [-0.05, 0) is 42.3 Å². The van der Waals surface area contributed by atoms with Crippen LogP contribution in [0, 0.1) is 0 Å². The number of phenolic OH excluding ortho intramolecular Hbond substituents is 1. The summed E-state index contributed by atoms with van der Waals surface area (Å²) in [5.41, 5.74) is 7.40. The molecule has 0 bridgehead atoms. The molecule has 0 saturated heterocycles. The van der Waals surface area contributed by atoms with Crippen LogP contribution in [0.4, 0.5) is 5.69 Å². The van der Waals surface area contributed by atoms with Crippen molar-refractivity contribution < 1.29 is 5.11 Å². The molecule has 0 radical (unpaired) electrons. The third-order valence-electron chi connectivity index (χ3n) is 4.41. The minimum absolute atomic E-state index is 0.00522. The highest BCUT2D eigenvalue weighted by molar-refractivity contribution is 7.78. The summed E-state index contributed by atoms with van der Waals surface area (Å²) >= 11 is 6.02. The second kappa shape index (κ2) is 10.2. The van der Waals surface area contributed by atoms with Crippen LogP contribution in [0.2, 0.25) is 0 Å². The van der Waals surface area contributed by atoms with Gasteiger partial charge in [-0.2, -0.15) is 5.10 Å². The van der Waals surface area contributed by atoms with Crippen molar-refractivity contribution in [2.75, 3.05) is 11.9 Å². The topological polar surface area (TPSA) is 69.9 Å². The van der Waals surface area contributed by atoms with Gasteiger partial charge in [0.1, 0.15) is 5.75 Å². The van der Waals surface area contributed by atoms with Crippen LogP contribution in [-0.2, 0) is 13.5 Å². The van der Waals surface area contributed by atoms with Crippen LogP contribution in [0.5, 0.6) is 5.75 Å². The third kappa shape index (κ3) is 4.83. The van der Waals surface area contributed by atoms with E-state index in [1.54, 1.807) is 17.7 Å². The van der Waals surface area contributed by atoms with Crippen LogP contribution in [0.15, 0.2) is 46.3 Å². The standard InChI is InChI=1S/C19H20N4O2S2.C2H6/c1-4-12-5-8-16(24)14(9-12)18(21-20-11-26)22(2)13-6-7-15-17(10-13)27-19(25)23(15)3;1-2/h5-11,24H,4H2,1-3H3,(H,20,26);1-2H3/b21-18-;. The Balaban J connectivity index is 0.00000145. The molecule has 1 heterocycles. The molecule has 2 aromatic carbocycles. The number of hydrazone groups is 1. The van der Waals surface area contributed by atoms with E-state index < -0.39 is 0 Å². The van der Waals surface area contributed by atoms with Gasteiger partial charge >= 0.3 is 4.87 Å².